The van der Waals surface area contributed by atoms with Crippen molar-refractivity contribution in [2.45, 2.75) is 59.5 Å². The van der Waals surface area contributed by atoms with Crippen LogP contribution in [-0.4, -0.2) is 12.1 Å². The van der Waals surface area contributed by atoms with Gasteiger partial charge in [-0.2, -0.15) is 0 Å². The van der Waals surface area contributed by atoms with E-state index in [0.717, 1.165) is 5.57 Å². The monoisotopic (exact) mass is 259 g/mol. The Balaban J connectivity index is 2.54. The molecule has 0 aromatic carbocycles. The van der Waals surface area contributed by atoms with E-state index in [1.54, 1.807) is 0 Å². The molecule has 19 heavy (non-hydrogen) atoms. The van der Waals surface area contributed by atoms with Crippen molar-refractivity contribution in [1.29, 1.82) is 0 Å². The quantitative estimate of drug-likeness (QED) is 0.676. The number of nitrogens with one attached hydrogen (secondary N) is 1. The molecule has 0 radical (unpaired) electrons. The van der Waals surface area contributed by atoms with Gasteiger partial charge in [0.25, 0.3) is 0 Å². The zero-order chi connectivity index (χ0) is 14.4. The zero-order valence-corrected chi connectivity index (χ0v) is 13.2. The van der Waals surface area contributed by atoms with Gasteiger partial charge in [0.15, 0.2) is 0 Å². The van der Waals surface area contributed by atoms with E-state index in [1.807, 2.05) is 0 Å². The van der Waals surface area contributed by atoms with Crippen LogP contribution in [0.1, 0.15) is 47.5 Å². The third-order valence-corrected chi connectivity index (χ3v) is 3.35. The molecular formula is C18H29N. The fraction of sp³-hybridized carbons (Fsp3) is 0.556. The Morgan fingerprint density at radius 1 is 1.26 bits per heavy atom. The lowest BCUT2D eigenvalue weighted by Gasteiger charge is -2.32. The first-order valence-corrected chi connectivity index (χ1v) is 7.41. The Hall–Kier alpha value is -1.08. The molecule has 1 rings (SSSR count). The molecule has 1 N–H and O–H groups in total. The summed E-state index contributed by atoms with van der Waals surface area (Å²) in [5.74, 6) is 0.545. The molecule has 0 bridgehead atoms. The molecule has 0 amide bonds. The number of rotatable bonds is 6. The largest absolute Gasteiger partial charge is 0.311 e. The van der Waals surface area contributed by atoms with Crippen LogP contribution < -0.4 is 5.32 Å². The van der Waals surface area contributed by atoms with Crippen LogP contribution in [0.5, 0.6) is 0 Å². The maximum absolute atomic E-state index is 4.16. The minimum Gasteiger partial charge on any atom is -0.311 e. The summed E-state index contributed by atoms with van der Waals surface area (Å²) in [6, 6.07) is 1.25. The molecule has 0 unspecified atom stereocenters. The maximum atomic E-state index is 4.16. The number of allylic oxidation sites excluding steroid dienone is 6. The van der Waals surface area contributed by atoms with Crippen molar-refractivity contribution in [3.8, 4) is 0 Å². The Labute approximate surface area is 119 Å². The van der Waals surface area contributed by atoms with E-state index in [9.17, 15) is 0 Å². The van der Waals surface area contributed by atoms with E-state index in [0.29, 0.717) is 18.0 Å². The van der Waals surface area contributed by atoms with E-state index in [4.69, 9.17) is 0 Å². The minimum atomic E-state index is 0.545. The van der Waals surface area contributed by atoms with Gasteiger partial charge in [0.05, 0.1) is 0 Å². The second-order valence-corrected chi connectivity index (χ2v) is 6.10. The molecule has 1 fully saturated rings. The summed E-state index contributed by atoms with van der Waals surface area (Å²) in [7, 11) is 0. The SMILES string of the molecule is C=C(C=C1CC(NC(C)C)C1)/C=C(\C=C/C)C(C)C. The molecule has 0 spiro atoms. The molecule has 1 saturated carbocycles. The molecule has 0 aromatic heterocycles. The van der Waals surface area contributed by atoms with Gasteiger partial charge in [-0.1, -0.05) is 64.2 Å². The fourth-order valence-electron chi connectivity index (χ4n) is 2.40. The highest BCUT2D eigenvalue weighted by atomic mass is 14.9. The third kappa shape index (κ3) is 5.61. The van der Waals surface area contributed by atoms with Crippen LogP contribution in [0.3, 0.4) is 0 Å². The Kier molecular flexibility index (Phi) is 6.30. The predicted octanol–water partition coefficient (Wildman–Crippen LogP) is 4.79. The van der Waals surface area contributed by atoms with Gasteiger partial charge in [0.2, 0.25) is 0 Å². The van der Waals surface area contributed by atoms with Gasteiger partial charge in [-0.3, -0.25) is 0 Å². The topological polar surface area (TPSA) is 12.0 Å². The van der Waals surface area contributed by atoms with Crippen molar-refractivity contribution >= 4 is 0 Å². The lowest BCUT2D eigenvalue weighted by molar-refractivity contribution is 0.393. The summed E-state index contributed by atoms with van der Waals surface area (Å²) in [4.78, 5) is 0. The van der Waals surface area contributed by atoms with Gasteiger partial charge < -0.3 is 5.32 Å². The molecule has 106 valence electrons. The van der Waals surface area contributed by atoms with Crippen LogP contribution in [0, 0.1) is 5.92 Å². The lowest BCUT2D eigenvalue weighted by atomic mass is 9.84. The lowest BCUT2D eigenvalue weighted by Crippen LogP contribution is -2.40. The second-order valence-electron chi connectivity index (χ2n) is 6.10. The van der Waals surface area contributed by atoms with Crippen LogP contribution in [0.2, 0.25) is 0 Å². The Bertz CT molecular complexity index is 386. The summed E-state index contributed by atoms with van der Waals surface area (Å²) in [5.41, 5.74) is 3.99. The molecule has 1 nitrogen and oxygen atoms in total. The molecule has 0 aromatic rings. The van der Waals surface area contributed by atoms with Gasteiger partial charge in [0.1, 0.15) is 0 Å². The summed E-state index contributed by atoms with van der Waals surface area (Å²) < 4.78 is 0. The number of hydrogen-bond acceptors (Lipinski definition) is 1. The average molecular weight is 259 g/mol. The fourth-order valence-corrected chi connectivity index (χ4v) is 2.40. The first-order chi connectivity index (χ1) is 8.92. The van der Waals surface area contributed by atoms with Crippen LogP contribution in [0.15, 0.2) is 47.6 Å². The van der Waals surface area contributed by atoms with E-state index in [1.165, 1.54) is 24.0 Å². The van der Waals surface area contributed by atoms with Gasteiger partial charge in [-0.15, -0.1) is 0 Å². The summed E-state index contributed by atoms with van der Waals surface area (Å²) in [6.07, 6.45) is 11.1. The van der Waals surface area contributed by atoms with Crippen molar-refractivity contribution in [1.82, 2.24) is 5.32 Å². The number of hydrogen-bond donors (Lipinski definition) is 1. The van der Waals surface area contributed by atoms with Gasteiger partial charge >= 0.3 is 0 Å². The predicted molar refractivity (Wildman–Crippen MR) is 86.3 cm³/mol. The molecule has 0 heterocycles. The van der Waals surface area contributed by atoms with E-state index < -0.39 is 0 Å². The van der Waals surface area contributed by atoms with Crippen molar-refractivity contribution in [2.75, 3.05) is 0 Å². The van der Waals surface area contributed by atoms with Gasteiger partial charge in [-0.05, 0) is 36.8 Å². The van der Waals surface area contributed by atoms with E-state index in [2.05, 4.69) is 70.8 Å². The average Bonchev–Trinajstić information content (AvgIpc) is 2.24. The van der Waals surface area contributed by atoms with Crippen LogP contribution in [-0.2, 0) is 0 Å². The summed E-state index contributed by atoms with van der Waals surface area (Å²) >= 11 is 0. The third-order valence-electron chi connectivity index (χ3n) is 3.35. The standard InChI is InChI=1S/C18H29N/c1-7-8-17(13(2)3)10-15(6)9-16-11-18(12-16)19-14(4)5/h7-10,13-14,18-19H,6,11-12H2,1-5H3/b8-7-,16-9?,17-10+. The highest BCUT2D eigenvalue weighted by Crippen LogP contribution is 2.28. The molecule has 1 aliphatic rings. The molecule has 1 aliphatic carbocycles. The van der Waals surface area contributed by atoms with Crippen LogP contribution in [0.4, 0.5) is 0 Å². The van der Waals surface area contributed by atoms with Crippen LogP contribution in [0.25, 0.3) is 0 Å². The van der Waals surface area contributed by atoms with Crippen molar-refractivity contribution in [3.63, 3.8) is 0 Å². The van der Waals surface area contributed by atoms with Crippen molar-refractivity contribution < 1.29 is 0 Å². The van der Waals surface area contributed by atoms with Crippen LogP contribution >= 0.6 is 0 Å². The van der Waals surface area contributed by atoms with Crippen molar-refractivity contribution in [2.24, 2.45) is 5.92 Å². The Morgan fingerprint density at radius 3 is 2.37 bits per heavy atom. The van der Waals surface area contributed by atoms with E-state index in [-0.39, 0.29) is 0 Å². The molecule has 0 atom stereocenters. The highest BCUT2D eigenvalue weighted by molar-refractivity contribution is 5.39. The molecule has 0 saturated heterocycles. The first-order valence-electron chi connectivity index (χ1n) is 7.41. The minimum absolute atomic E-state index is 0.545. The normalized spacial score (nSPS) is 20.3. The van der Waals surface area contributed by atoms with Crippen molar-refractivity contribution in [3.05, 3.63) is 47.6 Å². The van der Waals surface area contributed by atoms with Gasteiger partial charge in [0, 0.05) is 12.1 Å². The summed E-state index contributed by atoms with van der Waals surface area (Å²) in [5, 5.41) is 3.56. The molecule has 0 aliphatic heterocycles. The smallest absolute Gasteiger partial charge is 0.0144 e. The Morgan fingerprint density at radius 2 is 1.89 bits per heavy atom. The molecular weight excluding hydrogens is 230 g/mol. The zero-order valence-electron chi connectivity index (χ0n) is 13.2. The summed E-state index contributed by atoms with van der Waals surface area (Å²) in [6.45, 7) is 15.1. The highest BCUT2D eigenvalue weighted by Gasteiger charge is 2.22. The van der Waals surface area contributed by atoms with E-state index >= 15 is 0 Å². The maximum Gasteiger partial charge on any atom is 0.0144 e. The molecule has 1 heteroatoms. The first kappa shape index (κ1) is 16.0. The van der Waals surface area contributed by atoms with Gasteiger partial charge in [-0.25, -0.2) is 0 Å². The second kappa shape index (κ2) is 7.49.